The summed E-state index contributed by atoms with van der Waals surface area (Å²) in [6.45, 7) is 1.75. The molecule has 4 heteroatoms. The van der Waals surface area contributed by atoms with Crippen LogP contribution in [0.2, 0.25) is 0 Å². The average Bonchev–Trinajstić information content (AvgIpc) is 2.57. The van der Waals surface area contributed by atoms with Crippen LogP contribution in [-0.2, 0) is 24.1 Å². The Morgan fingerprint density at radius 2 is 2.57 bits per heavy atom. The molecular weight excluding hydrogens is 178 g/mol. The third kappa shape index (κ3) is 1.81. The van der Waals surface area contributed by atoms with Gasteiger partial charge in [-0.15, -0.1) is 0 Å². The number of nitrogens with two attached hydrogens (primary N) is 1. The van der Waals surface area contributed by atoms with Gasteiger partial charge in [0.25, 0.3) is 0 Å². The van der Waals surface area contributed by atoms with Crippen LogP contribution in [0, 0.1) is 0 Å². The number of hydrogen-bond acceptors (Lipinski definition) is 3. The van der Waals surface area contributed by atoms with E-state index in [1.54, 1.807) is 7.11 Å². The molecule has 78 valence electrons. The van der Waals surface area contributed by atoms with E-state index in [2.05, 4.69) is 9.55 Å². The zero-order valence-electron chi connectivity index (χ0n) is 8.57. The molecule has 1 aromatic rings. The van der Waals surface area contributed by atoms with Crippen LogP contribution in [0.25, 0.3) is 0 Å². The second-order valence-electron chi connectivity index (χ2n) is 3.81. The lowest BCUT2D eigenvalue weighted by Crippen LogP contribution is -2.31. The number of rotatable bonds is 3. The van der Waals surface area contributed by atoms with E-state index in [4.69, 9.17) is 10.5 Å². The predicted molar refractivity (Wildman–Crippen MR) is 54.1 cm³/mol. The van der Waals surface area contributed by atoms with Gasteiger partial charge in [0, 0.05) is 44.4 Å². The van der Waals surface area contributed by atoms with E-state index in [-0.39, 0.29) is 0 Å². The third-order valence-electron chi connectivity index (χ3n) is 2.75. The van der Waals surface area contributed by atoms with Gasteiger partial charge in [-0.1, -0.05) is 0 Å². The summed E-state index contributed by atoms with van der Waals surface area (Å²) in [5.74, 6) is 1.13. The maximum absolute atomic E-state index is 5.89. The quantitative estimate of drug-likeness (QED) is 0.757. The van der Waals surface area contributed by atoms with Crippen molar-refractivity contribution in [2.45, 2.75) is 31.8 Å². The van der Waals surface area contributed by atoms with Crippen molar-refractivity contribution in [1.29, 1.82) is 0 Å². The molecule has 14 heavy (non-hydrogen) atoms. The van der Waals surface area contributed by atoms with Crippen molar-refractivity contribution in [2.24, 2.45) is 5.73 Å². The number of aromatic nitrogens is 2. The fourth-order valence-electron chi connectivity index (χ4n) is 1.95. The second-order valence-corrected chi connectivity index (χ2v) is 3.81. The van der Waals surface area contributed by atoms with Crippen LogP contribution >= 0.6 is 0 Å². The minimum Gasteiger partial charge on any atom is -0.384 e. The molecule has 0 saturated heterocycles. The van der Waals surface area contributed by atoms with Crippen molar-refractivity contribution in [3.8, 4) is 0 Å². The molecule has 1 aliphatic heterocycles. The molecule has 0 spiro atoms. The Kier molecular flexibility index (Phi) is 2.84. The highest BCUT2D eigenvalue weighted by molar-refractivity contribution is 5.10. The highest BCUT2D eigenvalue weighted by Gasteiger charge is 2.18. The molecule has 1 aromatic heterocycles. The Hall–Kier alpha value is -0.870. The van der Waals surface area contributed by atoms with Crippen LogP contribution < -0.4 is 5.73 Å². The van der Waals surface area contributed by atoms with Crippen molar-refractivity contribution in [3.05, 3.63) is 17.7 Å². The molecule has 0 aliphatic carbocycles. The number of imidazole rings is 1. The van der Waals surface area contributed by atoms with Gasteiger partial charge in [-0.05, 0) is 6.42 Å². The Morgan fingerprint density at radius 3 is 3.36 bits per heavy atom. The molecule has 0 amide bonds. The van der Waals surface area contributed by atoms with Gasteiger partial charge in [0.05, 0.1) is 6.61 Å². The summed E-state index contributed by atoms with van der Waals surface area (Å²) in [6.07, 6.45) is 4.86. The predicted octanol–water partition coefficient (Wildman–Crippen LogP) is 0.346. The Labute approximate surface area is 84.1 Å². The molecular formula is C10H17N3O. The maximum atomic E-state index is 5.89. The first-order valence-electron chi connectivity index (χ1n) is 5.09. The van der Waals surface area contributed by atoms with Gasteiger partial charge < -0.3 is 15.0 Å². The normalized spacial score (nSPS) is 20.9. The fraction of sp³-hybridized carbons (Fsp3) is 0.700. The number of fused-ring (bicyclic) bond motifs is 1. The summed E-state index contributed by atoms with van der Waals surface area (Å²) in [5, 5.41) is 0. The van der Waals surface area contributed by atoms with Gasteiger partial charge in [-0.2, -0.15) is 0 Å². The standard InChI is InChI=1S/C10H17N3O/c1-14-5-3-10-12-7-9-6-8(11)2-4-13(9)10/h7-8H,2-6,11H2,1H3. The zero-order chi connectivity index (χ0) is 9.97. The molecule has 2 N–H and O–H groups in total. The third-order valence-corrected chi connectivity index (χ3v) is 2.75. The highest BCUT2D eigenvalue weighted by Crippen LogP contribution is 2.16. The lowest BCUT2D eigenvalue weighted by atomic mass is 10.1. The van der Waals surface area contributed by atoms with Crippen LogP contribution in [0.15, 0.2) is 6.20 Å². The summed E-state index contributed by atoms with van der Waals surface area (Å²) in [5.41, 5.74) is 7.17. The monoisotopic (exact) mass is 195 g/mol. The highest BCUT2D eigenvalue weighted by atomic mass is 16.5. The molecule has 0 radical (unpaired) electrons. The van der Waals surface area contributed by atoms with Crippen molar-refractivity contribution >= 4 is 0 Å². The first-order valence-corrected chi connectivity index (χ1v) is 5.09. The number of ether oxygens (including phenoxy) is 1. The van der Waals surface area contributed by atoms with Crippen molar-refractivity contribution < 1.29 is 4.74 Å². The van der Waals surface area contributed by atoms with E-state index in [9.17, 15) is 0 Å². The van der Waals surface area contributed by atoms with Gasteiger partial charge >= 0.3 is 0 Å². The molecule has 0 bridgehead atoms. The lowest BCUT2D eigenvalue weighted by Gasteiger charge is -2.21. The van der Waals surface area contributed by atoms with Gasteiger partial charge in [-0.3, -0.25) is 0 Å². The van der Waals surface area contributed by atoms with Crippen LogP contribution in [0.4, 0.5) is 0 Å². The first kappa shape index (κ1) is 9.68. The minimum absolute atomic E-state index is 0.314. The molecule has 0 fully saturated rings. The van der Waals surface area contributed by atoms with E-state index in [0.29, 0.717) is 6.04 Å². The topological polar surface area (TPSA) is 53.1 Å². The van der Waals surface area contributed by atoms with Crippen LogP contribution in [0.1, 0.15) is 17.9 Å². The summed E-state index contributed by atoms with van der Waals surface area (Å²) in [6, 6.07) is 0.314. The number of hydrogen-bond donors (Lipinski definition) is 1. The SMILES string of the molecule is COCCc1ncc2n1CCC(N)C2. The van der Waals surface area contributed by atoms with Gasteiger partial charge in [0.1, 0.15) is 5.82 Å². The fourth-order valence-corrected chi connectivity index (χ4v) is 1.95. The molecule has 4 nitrogen and oxygen atoms in total. The summed E-state index contributed by atoms with van der Waals surface area (Å²) in [7, 11) is 1.72. The van der Waals surface area contributed by atoms with Crippen molar-refractivity contribution in [2.75, 3.05) is 13.7 Å². The van der Waals surface area contributed by atoms with E-state index >= 15 is 0 Å². The summed E-state index contributed by atoms with van der Waals surface area (Å²) >= 11 is 0. The largest absolute Gasteiger partial charge is 0.384 e. The summed E-state index contributed by atoms with van der Waals surface area (Å²) in [4.78, 5) is 4.40. The Bertz CT molecular complexity index is 308. The molecule has 1 unspecified atom stereocenters. The zero-order valence-corrected chi connectivity index (χ0v) is 8.57. The van der Waals surface area contributed by atoms with Crippen molar-refractivity contribution in [3.63, 3.8) is 0 Å². The van der Waals surface area contributed by atoms with Crippen LogP contribution in [0.3, 0.4) is 0 Å². The van der Waals surface area contributed by atoms with Crippen molar-refractivity contribution in [1.82, 2.24) is 9.55 Å². The van der Waals surface area contributed by atoms with Gasteiger partial charge in [0.2, 0.25) is 0 Å². The average molecular weight is 195 g/mol. The molecule has 1 atom stereocenters. The maximum Gasteiger partial charge on any atom is 0.111 e. The van der Waals surface area contributed by atoms with Gasteiger partial charge in [-0.25, -0.2) is 4.98 Å². The Morgan fingerprint density at radius 1 is 1.71 bits per heavy atom. The van der Waals surface area contributed by atoms with E-state index in [0.717, 1.165) is 38.2 Å². The number of nitrogens with zero attached hydrogens (tertiary/aromatic N) is 2. The molecule has 2 rings (SSSR count). The molecule has 2 heterocycles. The smallest absolute Gasteiger partial charge is 0.111 e. The summed E-state index contributed by atoms with van der Waals surface area (Å²) < 4.78 is 7.33. The van der Waals surface area contributed by atoms with E-state index in [1.165, 1.54) is 5.69 Å². The van der Waals surface area contributed by atoms with E-state index in [1.807, 2.05) is 6.20 Å². The molecule has 0 saturated carbocycles. The van der Waals surface area contributed by atoms with Crippen LogP contribution in [-0.4, -0.2) is 29.3 Å². The molecule has 0 aromatic carbocycles. The first-order chi connectivity index (χ1) is 6.81. The van der Waals surface area contributed by atoms with Crippen LogP contribution in [0.5, 0.6) is 0 Å². The second kappa shape index (κ2) is 4.11. The molecule has 1 aliphatic rings. The lowest BCUT2D eigenvalue weighted by molar-refractivity contribution is 0.199. The minimum atomic E-state index is 0.314. The Balaban J connectivity index is 2.12. The van der Waals surface area contributed by atoms with Gasteiger partial charge in [0.15, 0.2) is 0 Å². The number of methoxy groups -OCH3 is 1. The van der Waals surface area contributed by atoms with E-state index < -0.39 is 0 Å².